The lowest BCUT2D eigenvalue weighted by molar-refractivity contribution is 0.213. The molecule has 2 N–H and O–H groups in total. The summed E-state index contributed by atoms with van der Waals surface area (Å²) in [6, 6.07) is 15.8. The number of rotatable bonds is 6. The van der Waals surface area contributed by atoms with Crippen LogP contribution in [0.3, 0.4) is 0 Å². The number of benzene rings is 2. The molecule has 35 heavy (non-hydrogen) atoms. The highest BCUT2D eigenvalue weighted by Gasteiger charge is 2.62. The van der Waals surface area contributed by atoms with Crippen molar-refractivity contribution in [3.8, 4) is 0 Å². The summed E-state index contributed by atoms with van der Waals surface area (Å²) < 4.78 is 25.9. The van der Waals surface area contributed by atoms with Crippen molar-refractivity contribution in [2.24, 2.45) is 0 Å². The predicted molar refractivity (Wildman–Crippen MR) is 140 cm³/mol. The Kier molecular flexibility index (Phi) is 6.74. The number of likely N-dealkylation sites (tertiary alicyclic amines) is 1. The average molecular weight is 498 g/mol. The lowest BCUT2D eigenvalue weighted by Gasteiger charge is -2.35. The second kappa shape index (κ2) is 9.65. The molecule has 1 unspecified atom stereocenters. The second-order valence-corrected chi connectivity index (χ2v) is 12.5. The molecule has 2 amide bonds. The number of amides is 2. The SMILES string of the molecule is CS(=O)(=O)[N+]1(C(=O)NCCc2ccc(CN3CCCC3)cc2)CC2(CCNCC2)c2ccccc21. The first-order chi connectivity index (χ1) is 16.8. The number of fused-ring (bicyclic) bond motifs is 2. The third-order valence-corrected chi connectivity index (χ3v) is 9.79. The van der Waals surface area contributed by atoms with Crippen molar-refractivity contribution < 1.29 is 13.2 Å². The molecule has 1 spiro atoms. The van der Waals surface area contributed by atoms with Gasteiger partial charge in [-0.3, -0.25) is 4.90 Å². The molecule has 0 radical (unpaired) electrons. The van der Waals surface area contributed by atoms with Gasteiger partial charge >= 0.3 is 16.1 Å². The molecule has 1 atom stereocenters. The van der Waals surface area contributed by atoms with E-state index in [9.17, 15) is 13.2 Å². The summed E-state index contributed by atoms with van der Waals surface area (Å²) in [6.07, 6.45) is 6.09. The lowest BCUT2D eigenvalue weighted by Crippen LogP contribution is -2.63. The zero-order valence-electron chi connectivity index (χ0n) is 20.6. The maximum Gasteiger partial charge on any atom is 0.437 e. The molecule has 3 aliphatic rings. The topological polar surface area (TPSA) is 78.5 Å². The van der Waals surface area contributed by atoms with Gasteiger partial charge < -0.3 is 10.6 Å². The van der Waals surface area contributed by atoms with E-state index in [0.717, 1.165) is 43.6 Å². The first kappa shape index (κ1) is 24.4. The van der Waals surface area contributed by atoms with Crippen molar-refractivity contribution in [1.29, 1.82) is 0 Å². The van der Waals surface area contributed by atoms with Gasteiger partial charge in [0.2, 0.25) is 0 Å². The van der Waals surface area contributed by atoms with Crippen molar-refractivity contribution in [3.05, 3.63) is 65.2 Å². The predicted octanol–water partition coefficient (Wildman–Crippen LogP) is 3.14. The molecule has 3 heterocycles. The van der Waals surface area contributed by atoms with Gasteiger partial charge in [0.15, 0.2) is 5.69 Å². The average Bonchev–Trinajstić information content (AvgIpc) is 3.46. The van der Waals surface area contributed by atoms with Gasteiger partial charge in [-0.2, -0.15) is 8.42 Å². The summed E-state index contributed by atoms with van der Waals surface area (Å²) in [5.74, 6) is 0. The number of piperidine rings is 1. The van der Waals surface area contributed by atoms with Crippen LogP contribution in [0.25, 0.3) is 0 Å². The van der Waals surface area contributed by atoms with Crippen molar-refractivity contribution in [2.75, 3.05) is 45.5 Å². The molecule has 2 fully saturated rings. The first-order valence-corrected chi connectivity index (χ1v) is 14.7. The van der Waals surface area contributed by atoms with Crippen molar-refractivity contribution in [2.45, 2.75) is 44.1 Å². The van der Waals surface area contributed by atoms with Crippen molar-refractivity contribution >= 4 is 21.7 Å². The van der Waals surface area contributed by atoms with Gasteiger partial charge in [-0.15, -0.1) is 3.89 Å². The molecule has 0 saturated carbocycles. The highest BCUT2D eigenvalue weighted by atomic mass is 32.2. The van der Waals surface area contributed by atoms with E-state index in [1.165, 1.54) is 37.8 Å². The Hall–Kier alpha value is -2.26. The van der Waals surface area contributed by atoms with Gasteiger partial charge in [0.05, 0.1) is 11.7 Å². The van der Waals surface area contributed by atoms with E-state index >= 15 is 0 Å². The molecule has 0 aromatic heterocycles. The number of nitrogens with zero attached hydrogens (tertiary/aromatic N) is 2. The Morgan fingerprint density at radius 1 is 1.03 bits per heavy atom. The minimum absolute atomic E-state index is 0.268. The van der Waals surface area contributed by atoms with Gasteiger partial charge in [0.1, 0.15) is 6.54 Å². The lowest BCUT2D eigenvalue weighted by atomic mass is 9.75. The van der Waals surface area contributed by atoms with E-state index in [-0.39, 0.29) is 12.0 Å². The Bertz CT molecular complexity index is 1170. The summed E-state index contributed by atoms with van der Waals surface area (Å²) in [5, 5.41) is 6.37. The van der Waals surface area contributed by atoms with Gasteiger partial charge in [-0.25, -0.2) is 4.79 Å². The van der Waals surface area contributed by atoms with Gasteiger partial charge in [-0.1, -0.05) is 42.5 Å². The van der Waals surface area contributed by atoms with E-state index in [4.69, 9.17) is 0 Å². The third-order valence-electron chi connectivity index (χ3n) is 8.16. The van der Waals surface area contributed by atoms with Crippen LogP contribution in [0.15, 0.2) is 48.5 Å². The minimum Gasteiger partial charge on any atom is -0.317 e. The van der Waals surface area contributed by atoms with E-state index in [1.54, 1.807) is 0 Å². The Morgan fingerprint density at radius 3 is 2.37 bits per heavy atom. The number of nitrogens with one attached hydrogen (secondary N) is 2. The molecule has 3 aliphatic heterocycles. The number of carbonyl (C=O) groups excluding carboxylic acids is 1. The zero-order chi connectivity index (χ0) is 24.5. The highest BCUT2D eigenvalue weighted by Crippen LogP contribution is 2.51. The normalized spacial score (nSPS) is 23.9. The van der Waals surface area contributed by atoms with Crippen molar-refractivity contribution in [3.63, 3.8) is 0 Å². The summed E-state index contributed by atoms with van der Waals surface area (Å²) in [4.78, 5) is 16.2. The third kappa shape index (κ3) is 4.53. The molecule has 0 aliphatic carbocycles. The molecular formula is C27H37N4O3S+. The van der Waals surface area contributed by atoms with Crippen LogP contribution in [-0.4, -0.2) is 64.9 Å². The van der Waals surface area contributed by atoms with Crippen LogP contribution < -0.4 is 14.5 Å². The van der Waals surface area contributed by atoms with Crippen LogP contribution in [0.4, 0.5) is 10.5 Å². The monoisotopic (exact) mass is 497 g/mol. The molecule has 2 aromatic carbocycles. The van der Waals surface area contributed by atoms with Crippen LogP contribution in [0.5, 0.6) is 0 Å². The number of sulfonamides is 1. The molecule has 2 saturated heterocycles. The molecule has 188 valence electrons. The van der Waals surface area contributed by atoms with Crippen LogP contribution in [0, 0.1) is 0 Å². The largest absolute Gasteiger partial charge is 0.437 e. The summed E-state index contributed by atoms with van der Waals surface area (Å²) in [7, 11) is -3.76. The Labute approximate surface area is 209 Å². The molecule has 8 heteroatoms. The number of hydrogen-bond acceptors (Lipinski definition) is 5. The first-order valence-electron chi connectivity index (χ1n) is 12.8. The van der Waals surface area contributed by atoms with E-state index < -0.39 is 19.9 Å². The molecule has 7 nitrogen and oxygen atoms in total. The fourth-order valence-corrected chi connectivity index (χ4v) is 7.61. The van der Waals surface area contributed by atoms with Crippen molar-refractivity contribution in [1.82, 2.24) is 19.4 Å². The summed E-state index contributed by atoms with van der Waals surface area (Å²) >= 11 is 0. The number of urea groups is 1. The maximum atomic E-state index is 13.7. The molecule has 5 rings (SSSR count). The zero-order valence-corrected chi connectivity index (χ0v) is 21.4. The Morgan fingerprint density at radius 2 is 1.69 bits per heavy atom. The number of para-hydroxylation sites is 1. The van der Waals surface area contributed by atoms with Crippen LogP contribution in [-0.2, 0) is 28.4 Å². The summed E-state index contributed by atoms with van der Waals surface area (Å²) in [6.45, 7) is 5.66. The van der Waals surface area contributed by atoms with Crippen LogP contribution in [0.2, 0.25) is 0 Å². The quantitative estimate of drug-likeness (QED) is 0.600. The molecule has 0 bridgehead atoms. The molecule has 2 aromatic rings. The second-order valence-electron chi connectivity index (χ2n) is 10.5. The Balaban J connectivity index is 1.31. The maximum absolute atomic E-state index is 13.7. The van der Waals surface area contributed by atoms with E-state index in [1.807, 2.05) is 24.3 Å². The number of hydrogen-bond donors (Lipinski definition) is 2. The minimum atomic E-state index is -3.76. The fraction of sp³-hybridized carbons (Fsp3) is 0.519. The standard InChI is InChI=1S/C27H36N4O3S/c1-35(33,34)31(21-27(13-16-28-17-14-27)24-6-2-3-7-25(24)31)26(32)29-15-12-22-8-10-23(11-9-22)20-30-18-4-5-19-30/h2-3,6-11,28H,4-5,12-21H2,1H3/p+1. The van der Waals surface area contributed by atoms with Crippen LogP contribution >= 0.6 is 0 Å². The van der Waals surface area contributed by atoms with Gasteiger partial charge in [-0.05, 0) is 69.4 Å². The van der Waals surface area contributed by atoms with Gasteiger partial charge in [0.25, 0.3) is 0 Å². The fourth-order valence-electron chi connectivity index (χ4n) is 6.25. The van der Waals surface area contributed by atoms with E-state index in [0.29, 0.717) is 18.7 Å². The van der Waals surface area contributed by atoms with Gasteiger partial charge in [0, 0.05) is 24.7 Å². The number of quaternary nitrogens is 1. The van der Waals surface area contributed by atoms with Crippen LogP contribution in [0.1, 0.15) is 42.4 Å². The summed E-state index contributed by atoms with van der Waals surface area (Å²) in [5.41, 5.74) is 3.77. The smallest absolute Gasteiger partial charge is 0.317 e. The number of carbonyl (C=O) groups is 1. The molecular weight excluding hydrogens is 460 g/mol. The highest BCUT2D eigenvalue weighted by molar-refractivity contribution is 7.90. The van der Waals surface area contributed by atoms with E-state index in [2.05, 4.69) is 39.8 Å².